The van der Waals surface area contributed by atoms with E-state index < -0.39 is 17.7 Å². The molecule has 0 aliphatic carbocycles. The van der Waals surface area contributed by atoms with Crippen molar-refractivity contribution in [1.29, 1.82) is 0 Å². The van der Waals surface area contributed by atoms with Crippen LogP contribution >= 0.6 is 22.6 Å². The fourth-order valence-electron chi connectivity index (χ4n) is 2.66. The molecule has 1 heterocycles. The summed E-state index contributed by atoms with van der Waals surface area (Å²) in [6.07, 6.45) is 6.51. The van der Waals surface area contributed by atoms with Crippen molar-refractivity contribution in [3.8, 4) is 18.1 Å². The maximum atomic E-state index is 12.2. The molecule has 1 aliphatic heterocycles. The molecule has 140 valence electrons. The molecule has 4 N–H and O–H groups in total. The molecule has 0 saturated carbocycles. The Morgan fingerprint density at radius 1 is 1.18 bits per heavy atom. The van der Waals surface area contributed by atoms with Gasteiger partial charge >= 0.3 is 0 Å². The normalized spacial score (nSPS) is 14.1. The van der Waals surface area contributed by atoms with Gasteiger partial charge in [0.15, 0.2) is 0 Å². The van der Waals surface area contributed by atoms with Gasteiger partial charge in [-0.15, -0.1) is 6.42 Å². The van der Waals surface area contributed by atoms with Gasteiger partial charge in [0, 0.05) is 27.4 Å². The predicted molar refractivity (Wildman–Crippen MR) is 112 cm³/mol. The van der Waals surface area contributed by atoms with Crippen molar-refractivity contribution >= 4 is 51.6 Å². The zero-order valence-corrected chi connectivity index (χ0v) is 16.5. The van der Waals surface area contributed by atoms with Crippen LogP contribution in [0.5, 0.6) is 5.75 Å². The van der Waals surface area contributed by atoms with Crippen LogP contribution in [0.3, 0.4) is 0 Å². The van der Waals surface area contributed by atoms with Crippen molar-refractivity contribution in [3.05, 3.63) is 62.9 Å². The first-order valence-corrected chi connectivity index (χ1v) is 9.15. The monoisotopic (exact) mass is 487 g/mol. The minimum absolute atomic E-state index is 0.128. The molecule has 0 fully saturated rings. The third-order valence-electron chi connectivity index (χ3n) is 3.98. The number of imide groups is 1. The number of aromatic hydroxyl groups is 1. The Bertz CT molecular complexity index is 1070. The summed E-state index contributed by atoms with van der Waals surface area (Å²) in [6.45, 7) is 0.306. The quantitative estimate of drug-likeness (QED) is 0.174. The molecule has 0 aromatic heterocycles. The molecule has 8 heteroatoms. The lowest BCUT2D eigenvalue weighted by molar-refractivity contribution is -0.115. The van der Waals surface area contributed by atoms with Crippen LogP contribution in [-0.2, 0) is 16.1 Å². The number of phenols is 1. The summed E-state index contributed by atoms with van der Waals surface area (Å²) >= 11 is 2.11. The zero-order valence-electron chi connectivity index (χ0n) is 14.4. The molecular weight excluding hydrogens is 473 g/mol. The number of amides is 3. The second-order valence-corrected chi connectivity index (χ2v) is 7.11. The molecule has 0 saturated heterocycles. The second-order valence-electron chi connectivity index (χ2n) is 5.86. The smallest absolute Gasteiger partial charge is 0.300 e. The summed E-state index contributed by atoms with van der Waals surface area (Å²) in [5.74, 6) is 0.206. The minimum atomic E-state index is -0.655. The van der Waals surface area contributed by atoms with E-state index in [4.69, 9.17) is 6.42 Å². The molecule has 2 aromatic rings. The maximum Gasteiger partial charge on any atom is 0.300 e. The maximum absolute atomic E-state index is 12.2. The number of hydrogen-bond acceptors (Lipinski definition) is 5. The second kappa shape index (κ2) is 8.14. The summed E-state index contributed by atoms with van der Waals surface area (Å²) in [5.41, 5.74) is 2.25. The molecule has 2 aromatic carbocycles. The van der Waals surface area contributed by atoms with E-state index >= 15 is 0 Å². The van der Waals surface area contributed by atoms with Gasteiger partial charge in [-0.05, 0) is 64.4 Å². The summed E-state index contributed by atoms with van der Waals surface area (Å²) in [7, 11) is 0. The highest BCUT2D eigenvalue weighted by molar-refractivity contribution is 14.1. The van der Waals surface area contributed by atoms with Gasteiger partial charge in [0.05, 0.1) is 11.3 Å². The molecule has 0 unspecified atom stereocenters. The Hall–Kier alpha value is -3.32. The lowest BCUT2D eigenvalue weighted by Crippen LogP contribution is -2.37. The first-order chi connectivity index (χ1) is 13.4. The highest BCUT2D eigenvalue weighted by Gasteiger charge is 2.27. The van der Waals surface area contributed by atoms with E-state index in [-0.39, 0.29) is 11.4 Å². The van der Waals surface area contributed by atoms with Crippen molar-refractivity contribution in [3.63, 3.8) is 0 Å². The number of terminal acetylenes is 1. The first kappa shape index (κ1) is 19.4. The molecule has 3 rings (SSSR count). The number of nitrogens with one attached hydrogen (secondary N) is 3. The Morgan fingerprint density at radius 3 is 2.68 bits per heavy atom. The fraction of sp³-hybridized carbons (Fsp3) is 0.0500. The Balaban J connectivity index is 1.77. The van der Waals surface area contributed by atoms with Crippen LogP contribution in [-0.4, -0.2) is 22.8 Å². The molecule has 0 bridgehead atoms. The summed E-state index contributed by atoms with van der Waals surface area (Å²) in [4.78, 5) is 35.4. The predicted octanol–water partition coefficient (Wildman–Crippen LogP) is 1.97. The first-order valence-electron chi connectivity index (χ1n) is 8.07. The van der Waals surface area contributed by atoms with E-state index in [9.17, 15) is 19.5 Å². The number of benzene rings is 2. The summed E-state index contributed by atoms with van der Waals surface area (Å²) in [6, 6.07) is 9.93. The van der Waals surface area contributed by atoms with Crippen molar-refractivity contribution in [2.45, 2.75) is 6.54 Å². The van der Waals surface area contributed by atoms with Crippen molar-refractivity contribution in [1.82, 2.24) is 10.6 Å². The third-order valence-corrected chi connectivity index (χ3v) is 4.65. The van der Waals surface area contributed by atoms with Crippen LogP contribution in [0.1, 0.15) is 21.5 Å². The van der Waals surface area contributed by atoms with Crippen LogP contribution in [0.2, 0.25) is 0 Å². The van der Waals surface area contributed by atoms with E-state index in [1.165, 1.54) is 18.3 Å². The van der Waals surface area contributed by atoms with Crippen LogP contribution in [0, 0.1) is 15.9 Å². The van der Waals surface area contributed by atoms with Gasteiger partial charge < -0.3 is 15.7 Å². The zero-order chi connectivity index (χ0) is 20.3. The van der Waals surface area contributed by atoms with Gasteiger partial charge in [0.1, 0.15) is 5.75 Å². The van der Waals surface area contributed by atoms with Gasteiger partial charge in [0.2, 0.25) is 0 Å². The lowest BCUT2D eigenvalue weighted by Gasteiger charge is -2.18. The summed E-state index contributed by atoms with van der Waals surface area (Å²) in [5, 5.41) is 17.7. The number of carbonyl (C=O) groups excluding carboxylic acids is 3. The molecular formula is C20H14IN3O4. The number of phenolic OH excluding ortho intramolecular Hbond substituents is 1. The Labute approximate surface area is 174 Å². The number of hydrogen-bond donors (Lipinski definition) is 4. The van der Waals surface area contributed by atoms with Crippen molar-refractivity contribution in [2.75, 3.05) is 5.32 Å². The lowest BCUT2D eigenvalue weighted by atomic mass is 9.95. The van der Waals surface area contributed by atoms with Gasteiger partial charge in [-0.1, -0.05) is 6.07 Å². The SMILES string of the molecule is C#CC(=O)Nc1ccc(CNC=C2C(=O)NC(=O)c3ccc(I)cc32)cc1O. The average molecular weight is 487 g/mol. The Kier molecular flexibility index (Phi) is 5.65. The van der Waals surface area contributed by atoms with Crippen LogP contribution < -0.4 is 16.0 Å². The van der Waals surface area contributed by atoms with E-state index in [1.54, 1.807) is 24.3 Å². The largest absolute Gasteiger partial charge is 0.506 e. The van der Waals surface area contributed by atoms with Crippen molar-refractivity contribution in [2.24, 2.45) is 0 Å². The Morgan fingerprint density at radius 2 is 1.96 bits per heavy atom. The molecule has 3 amide bonds. The van der Waals surface area contributed by atoms with E-state index in [0.717, 1.165) is 3.57 Å². The number of rotatable bonds is 4. The van der Waals surface area contributed by atoms with Crippen molar-refractivity contribution < 1.29 is 19.5 Å². The minimum Gasteiger partial charge on any atom is -0.506 e. The highest BCUT2D eigenvalue weighted by Crippen LogP contribution is 2.26. The molecule has 0 spiro atoms. The van der Waals surface area contributed by atoms with Crippen LogP contribution in [0.4, 0.5) is 5.69 Å². The van der Waals surface area contributed by atoms with Gasteiger partial charge in [0.25, 0.3) is 17.7 Å². The van der Waals surface area contributed by atoms with Gasteiger partial charge in [-0.25, -0.2) is 0 Å². The molecule has 7 nitrogen and oxygen atoms in total. The topological polar surface area (TPSA) is 108 Å². The molecule has 0 atom stereocenters. The third kappa shape index (κ3) is 4.15. The van der Waals surface area contributed by atoms with E-state index in [0.29, 0.717) is 28.8 Å². The average Bonchev–Trinajstić information content (AvgIpc) is 2.66. The summed E-state index contributed by atoms with van der Waals surface area (Å²) < 4.78 is 0.902. The van der Waals surface area contributed by atoms with Gasteiger partial charge in [-0.3, -0.25) is 19.7 Å². The molecule has 0 radical (unpaired) electrons. The standard InChI is InChI=1S/C20H14IN3O4/c1-2-18(26)23-16-6-3-11(7-17(16)25)9-22-10-15-14-8-12(21)4-5-13(14)19(27)24-20(15)28/h1,3-8,10,22,25H,9H2,(H,23,26)(H,24,27,28). The van der Waals surface area contributed by atoms with Crippen LogP contribution in [0.25, 0.3) is 5.57 Å². The number of anilines is 1. The number of fused-ring (bicyclic) bond motifs is 1. The molecule has 28 heavy (non-hydrogen) atoms. The highest BCUT2D eigenvalue weighted by atomic mass is 127. The number of carbonyl (C=O) groups is 3. The van der Waals surface area contributed by atoms with E-state index in [2.05, 4.69) is 38.5 Å². The number of halogens is 1. The van der Waals surface area contributed by atoms with Crippen LogP contribution in [0.15, 0.2) is 42.6 Å². The van der Waals surface area contributed by atoms with Gasteiger partial charge in [-0.2, -0.15) is 0 Å². The fourth-order valence-corrected chi connectivity index (χ4v) is 3.15. The van der Waals surface area contributed by atoms with E-state index in [1.807, 2.05) is 5.92 Å². The molecule has 1 aliphatic rings.